The quantitative estimate of drug-likeness (QED) is 0.296. The second kappa shape index (κ2) is 9.10. The van der Waals surface area contributed by atoms with Gasteiger partial charge in [0.1, 0.15) is 11.3 Å². The van der Waals surface area contributed by atoms with Crippen LogP contribution in [0.4, 0.5) is 13.2 Å². The smallest absolute Gasteiger partial charge is 0.389 e. The summed E-state index contributed by atoms with van der Waals surface area (Å²) in [6.07, 6.45) is -3.96. The van der Waals surface area contributed by atoms with Gasteiger partial charge in [0.15, 0.2) is 11.3 Å². The molecule has 0 bridgehead atoms. The molecule has 0 radical (unpaired) electrons. The second-order valence-electron chi connectivity index (χ2n) is 10.4. The molecular formula is C29H27F3N6O. The van der Waals surface area contributed by atoms with Gasteiger partial charge in [0, 0.05) is 23.1 Å². The number of halogens is 3. The largest absolute Gasteiger partial charge is 0.390 e. The van der Waals surface area contributed by atoms with Crippen LogP contribution in [-0.4, -0.2) is 41.4 Å². The number of hydrogen-bond donors (Lipinski definition) is 2. The molecule has 39 heavy (non-hydrogen) atoms. The third kappa shape index (κ3) is 4.63. The number of fused-ring (bicyclic) bond motifs is 3. The molecule has 0 atom stereocenters. The molecule has 10 heteroatoms. The number of pyridine rings is 1. The number of hydrogen-bond acceptors (Lipinski definition) is 6. The average Bonchev–Trinajstić information content (AvgIpc) is 3.34. The van der Waals surface area contributed by atoms with Crippen molar-refractivity contribution >= 4 is 16.8 Å². The van der Waals surface area contributed by atoms with Crippen molar-refractivity contribution in [1.82, 2.24) is 24.6 Å². The van der Waals surface area contributed by atoms with Gasteiger partial charge in [0.2, 0.25) is 0 Å². The van der Waals surface area contributed by atoms with Crippen LogP contribution in [0.3, 0.4) is 0 Å². The molecule has 0 unspecified atom stereocenters. The van der Waals surface area contributed by atoms with Gasteiger partial charge in [-0.3, -0.25) is 4.40 Å². The topological polar surface area (TPSA) is 102 Å². The molecule has 2 aromatic carbocycles. The minimum Gasteiger partial charge on any atom is -0.390 e. The van der Waals surface area contributed by atoms with E-state index < -0.39 is 23.7 Å². The van der Waals surface area contributed by atoms with Crippen LogP contribution < -0.4 is 5.73 Å². The van der Waals surface area contributed by atoms with Gasteiger partial charge >= 0.3 is 6.18 Å². The first-order chi connectivity index (χ1) is 18.6. The van der Waals surface area contributed by atoms with E-state index in [1.165, 1.54) is 0 Å². The van der Waals surface area contributed by atoms with Crippen molar-refractivity contribution < 1.29 is 18.3 Å². The van der Waals surface area contributed by atoms with Crippen molar-refractivity contribution in [3.63, 3.8) is 0 Å². The summed E-state index contributed by atoms with van der Waals surface area (Å²) in [5.41, 5.74) is 10.4. The van der Waals surface area contributed by atoms with Crippen LogP contribution in [-0.2, 0) is 12.0 Å². The molecule has 1 aliphatic rings. The number of aliphatic hydroxyl groups is 1. The van der Waals surface area contributed by atoms with Crippen LogP contribution in [0, 0.1) is 0 Å². The Bertz CT molecular complexity index is 1660. The summed E-state index contributed by atoms with van der Waals surface area (Å²) in [5, 5.41) is 18.6. The fourth-order valence-corrected chi connectivity index (χ4v) is 5.49. The van der Waals surface area contributed by atoms with Crippen molar-refractivity contribution in [3.05, 3.63) is 78.1 Å². The minimum atomic E-state index is -4.31. The zero-order valence-electron chi connectivity index (χ0n) is 21.3. The molecule has 0 aliphatic heterocycles. The lowest BCUT2D eigenvalue weighted by Gasteiger charge is -2.51. The van der Waals surface area contributed by atoms with E-state index in [0.29, 0.717) is 47.5 Å². The van der Waals surface area contributed by atoms with E-state index in [4.69, 9.17) is 15.7 Å². The highest BCUT2D eigenvalue weighted by Gasteiger charge is 2.51. The van der Waals surface area contributed by atoms with Crippen LogP contribution in [0.5, 0.6) is 0 Å². The van der Waals surface area contributed by atoms with Gasteiger partial charge < -0.3 is 10.8 Å². The maximum atomic E-state index is 13.0. The monoisotopic (exact) mass is 532 g/mol. The van der Waals surface area contributed by atoms with Gasteiger partial charge in [0.25, 0.3) is 0 Å². The predicted molar refractivity (Wildman–Crippen MR) is 142 cm³/mol. The van der Waals surface area contributed by atoms with Gasteiger partial charge in [-0.2, -0.15) is 13.2 Å². The molecule has 0 amide bonds. The number of nitrogens with two attached hydrogens (primary N) is 1. The highest BCUT2D eigenvalue weighted by molar-refractivity contribution is 5.86. The average molecular weight is 533 g/mol. The van der Waals surface area contributed by atoms with Crippen molar-refractivity contribution in [2.45, 2.75) is 56.3 Å². The van der Waals surface area contributed by atoms with Crippen LogP contribution in [0.2, 0.25) is 0 Å². The lowest BCUT2D eigenvalue weighted by molar-refractivity contribution is -0.134. The van der Waals surface area contributed by atoms with E-state index in [9.17, 15) is 18.3 Å². The Morgan fingerprint density at radius 1 is 0.897 bits per heavy atom. The highest BCUT2D eigenvalue weighted by atomic mass is 19.4. The summed E-state index contributed by atoms with van der Waals surface area (Å²) >= 11 is 0. The van der Waals surface area contributed by atoms with Gasteiger partial charge in [0.05, 0.1) is 23.4 Å². The van der Waals surface area contributed by atoms with E-state index in [0.717, 1.165) is 16.7 Å². The molecule has 6 rings (SSSR count). The normalized spacial score (nSPS) is 21.4. The number of alkyl halides is 3. The Morgan fingerprint density at radius 3 is 2.23 bits per heavy atom. The molecule has 1 saturated carbocycles. The second-order valence-corrected chi connectivity index (χ2v) is 10.4. The van der Waals surface area contributed by atoms with Crippen molar-refractivity contribution in [1.29, 1.82) is 0 Å². The standard InChI is InChI=1S/C29H27F3N6O/c1-2-27(39)16-28(33,17-27)20-10-8-19(9-11-20)24-25(18-6-4-3-5-7-18)35-26-21(34-24)12-13-22-36-37-23(38(22)26)14-15-29(30,31)32/h3-13,39H,2,14-17,33H2,1H3/t27-,28-. The molecule has 7 nitrogen and oxygen atoms in total. The SMILES string of the molecule is CC[C@]1(O)C[C@@](N)(c2ccc(-c3nc4ccc5nnc(CCC(F)(F)F)n5c4nc3-c3ccccc3)cc2)C1. The van der Waals surface area contributed by atoms with Crippen LogP contribution in [0.25, 0.3) is 39.3 Å². The minimum absolute atomic E-state index is 0.180. The Morgan fingerprint density at radius 2 is 1.56 bits per heavy atom. The maximum Gasteiger partial charge on any atom is 0.389 e. The summed E-state index contributed by atoms with van der Waals surface area (Å²) in [6.45, 7) is 1.96. The van der Waals surface area contributed by atoms with Crippen LogP contribution in [0.15, 0.2) is 66.7 Å². The van der Waals surface area contributed by atoms with Crippen LogP contribution in [0.1, 0.15) is 44.0 Å². The van der Waals surface area contributed by atoms with E-state index in [1.54, 1.807) is 16.5 Å². The summed E-state index contributed by atoms with van der Waals surface area (Å²) < 4.78 is 40.5. The summed E-state index contributed by atoms with van der Waals surface area (Å²) in [7, 11) is 0. The van der Waals surface area contributed by atoms with Gasteiger partial charge in [-0.25, -0.2) is 9.97 Å². The fourth-order valence-electron chi connectivity index (χ4n) is 5.49. The number of aryl methyl sites for hydroxylation is 1. The molecule has 0 saturated heterocycles. The van der Waals surface area contributed by atoms with Crippen molar-refractivity contribution in [2.24, 2.45) is 5.73 Å². The molecule has 1 aliphatic carbocycles. The zero-order valence-corrected chi connectivity index (χ0v) is 21.3. The van der Waals surface area contributed by atoms with E-state index in [2.05, 4.69) is 10.2 Å². The van der Waals surface area contributed by atoms with Crippen molar-refractivity contribution in [2.75, 3.05) is 0 Å². The van der Waals surface area contributed by atoms with E-state index in [1.807, 2.05) is 61.5 Å². The maximum absolute atomic E-state index is 13.0. The summed E-state index contributed by atoms with van der Waals surface area (Å²) in [4.78, 5) is 9.87. The van der Waals surface area contributed by atoms with Crippen LogP contribution >= 0.6 is 0 Å². The molecule has 3 N–H and O–H groups in total. The lowest BCUT2D eigenvalue weighted by atomic mass is 9.61. The van der Waals surface area contributed by atoms with Gasteiger partial charge in [-0.15, -0.1) is 10.2 Å². The molecular weight excluding hydrogens is 505 g/mol. The Labute approximate surface area is 222 Å². The first-order valence-electron chi connectivity index (χ1n) is 12.9. The molecule has 3 aromatic heterocycles. The molecule has 0 spiro atoms. The number of rotatable bonds is 6. The fraction of sp³-hybridized carbons (Fsp3) is 0.310. The van der Waals surface area contributed by atoms with Gasteiger partial charge in [-0.1, -0.05) is 61.5 Å². The van der Waals surface area contributed by atoms with Crippen molar-refractivity contribution in [3.8, 4) is 22.5 Å². The Balaban J connectivity index is 1.47. The number of benzene rings is 2. The van der Waals surface area contributed by atoms with E-state index >= 15 is 0 Å². The third-order valence-corrected chi connectivity index (χ3v) is 7.62. The first kappa shape index (κ1) is 25.4. The third-order valence-electron chi connectivity index (χ3n) is 7.62. The Kier molecular flexibility index (Phi) is 5.92. The molecule has 5 aromatic rings. The highest BCUT2D eigenvalue weighted by Crippen LogP contribution is 2.48. The molecule has 1 fully saturated rings. The number of aromatic nitrogens is 5. The predicted octanol–water partition coefficient (Wildman–Crippen LogP) is 5.59. The molecule has 3 heterocycles. The summed E-state index contributed by atoms with van der Waals surface area (Å²) in [6, 6.07) is 20.8. The zero-order chi connectivity index (χ0) is 27.4. The lowest BCUT2D eigenvalue weighted by Crippen LogP contribution is -2.59. The van der Waals surface area contributed by atoms with E-state index in [-0.39, 0.29) is 12.2 Å². The Hall–Kier alpha value is -3.89. The molecule has 200 valence electrons. The van der Waals surface area contributed by atoms with Gasteiger partial charge in [-0.05, 0) is 37.0 Å². The number of nitrogens with zero attached hydrogens (tertiary/aromatic N) is 5. The first-order valence-corrected chi connectivity index (χ1v) is 12.9. The summed E-state index contributed by atoms with van der Waals surface area (Å²) in [5.74, 6) is 0.180.